The standard InChI is InChI=1S/C16H19BrNO3Se/c1-10-8-11(15(19)21-2)9-12-13(17)14(22-18(10)12)16(20)6-4-3-5-7-16/h8-9,20H,3-7H2,1-2H3/q+1. The molecule has 0 atom stereocenters. The van der Waals surface area contributed by atoms with Crippen LogP contribution in [0.3, 0.4) is 0 Å². The van der Waals surface area contributed by atoms with E-state index in [1.165, 1.54) is 13.5 Å². The molecule has 0 aliphatic heterocycles. The molecule has 2 aromatic rings. The van der Waals surface area contributed by atoms with Crippen molar-refractivity contribution in [3.8, 4) is 0 Å². The van der Waals surface area contributed by atoms with Gasteiger partial charge < -0.3 is 0 Å². The topological polar surface area (TPSA) is 50.6 Å². The number of nitrogens with zero attached hydrogens (tertiary/aromatic N) is 1. The van der Waals surface area contributed by atoms with Gasteiger partial charge in [0.05, 0.1) is 0 Å². The summed E-state index contributed by atoms with van der Waals surface area (Å²) in [6.45, 7) is 1.99. The molecule has 1 N–H and O–H groups in total. The number of rotatable bonds is 2. The zero-order valence-corrected chi connectivity index (χ0v) is 16.0. The molecule has 118 valence electrons. The second-order valence-electron chi connectivity index (χ2n) is 5.88. The fourth-order valence-electron chi connectivity index (χ4n) is 3.13. The fourth-order valence-corrected chi connectivity index (χ4v) is 6.91. The third-order valence-corrected chi connectivity index (χ3v) is 8.73. The van der Waals surface area contributed by atoms with Crippen LogP contribution < -0.4 is 3.40 Å². The van der Waals surface area contributed by atoms with Crippen LogP contribution in [0.2, 0.25) is 0 Å². The van der Waals surface area contributed by atoms with E-state index in [1.54, 1.807) is 0 Å². The summed E-state index contributed by atoms with van der Waals surface area (Å²) in [6.07, 6.45) is 5.01. The SMILES string of the molecule is COC(=O)c1cc(C)[n+]2[se]c(C3(O)CCCCC3)c(Br)c2c1. The molecule has 0 spiro atoms. The van der Waals surface area contributed by atoms with E-state index in [0.29, 0.717) is 5.56 Å². The number of hydrogen-bond acceptors (Lipinski definition) is 3. The summed E-state index contributed by atoms with van der Waals surface area (Å²) in [5.74, 6) is -0.330. The molecule has 6 heteroatoms. The predicted octanol–water partition coefficient (Wildman–Crippen LogP) is 2.49. The predicted molar refractivity (Wildman–Crippen MR) is 87.3 cm³/mol. The molecule has 22 heavy (non-hydrogen) atoms. The average molecular weight is 432 g/mol. The van der Waals surface area contributed by atoms with E-state index >= 15 is 0 Å². The summed E-state index contributed by atoms with van der Waals surface area (Å²) in [7, 11) is 1.39. The molecule has 4 nitrogen and oxygen atoms in total. The van der Waals surface area contributed by atoms with Crippen molar-refractivity contribution in [2.24, 2.45) is 0 Å². The van der Waals surface area contributed by atoms with Gasteiger partial charge in [-0.3, -0.25) is 0 Å². The number of esters is 1. The monoisotopic (exact) mass is 432 g/mol. The first kappa shape index (κ1) is 16.2. The van der Waals surface area contributed by atoms with Crippen LogP contribution >= 0.6 is 15.9 Å². The Hall–Kier alpha value is -0.681. The number of halogens is 1. The van der Waals surface area contributed by atoms with E-state index in [1.807, 2.05) is 19.1 Å². The van der Waals surface area contributed by atoms with Gasteiger partial charge in [-0.2, -0.15) is 0 Å². The number of fused-ring (bicyclic) bond motifs is 1. The zero-order chi connectivity index (χ0) is 15.9. The van der Waals surface area contributed by atoms with Gasteiger partial charge in [0.15, 0.2) is 0 Å². The molecule has 0 aromatic carbocycles. The molecule has 1 saturated carbocycles. The normalized spacial score (nSPS) is 17.6. The van der Waals surface area contributed by atoms with Crippen LogP contribution in [0.1, 0.15) is 52.6 Å². The van der Waals surface area contributed by atoms with Crippen LogP contribution in [0.5, 0.6) is 0 Å². The third kappa shape index (κ3) is 2.67. The summed E-state index contributed by atoms with van der Waals surface area (Å²) < 4.78 is 9.08. The first-order valence-corrected chi connectivity index (χ1v) is 9.84. The van der Waals surface area contributed by atoms with Gasteiger partial charge in [0.25, 0.3) is 0 Å². The van der Waals surface area contributed by atoms with Gasteiger partial charge in [-0.25, -0.2) is 0 Å². The fraction of sp³-hybridized carbons (Fsp3) is 0.500. The van der Waals surface area contributed by atoms with E-state index in [-0.39, 0.29) is 20.7 Å². The van der Waals surface area contributed by atoms with Crippen molar-refractivity contribution in [1.29, 1.82) is 0 Å². The van der Waals surface area contributed by atoms with Gasteiger partial charge >= 0.3 is 144 Å². The Morgan fingerprint density at radius 2 is 2.05 bits per heavy atom. The Labute approximate surface area is 144 Å². The van der Waals surface area contributed by atoms with Crippen molar-refractivity contribution in [2.75, 3.05) is 7.11 Å². The molecule has 1 aliphatic carbocycles. The summed E-state index contributed by atoms with van der Waals surface area (Å²) in [6, 6.07) is 3.70. The first-order valence-electron chi connectivity index (χ1n) is 7.42. The number of ether oxygens (including phenoxy) is 1. The summed E-state index contributed by atoms with van der Waals surface area (Å²) in [5, 5.41) is 11.1. The van der Waals surface area contributed by atoms with E-state index in [0.717, 1.165) is 45.8 Å². The van der Waals surface area contributed by atoms with Gasteiger partial charge in [0, 0.05) is 0 Å². The number of carbonyl (C=O) groups is 1. The molecule has 2 heterocycles. The average Bonchev–Trinajstić information content (AvgIpc) is 2.86. The molecule has 0 unspecified atom stereocenters. The number of carbonyl (C=O) groups excluding carboxylic acids is 1. The molecule has 0 bridgehead atoms. The minimum absolute atomic E-state index is 0.0268. The molecule has 1 fully saturated rings. The van der Waals surface area contributed by atoms with Crippen LogP contribution in [-0.2, 0) is 10.3 Å². The Morgan fingerprint density at radius 1 is 1.36 bits per heavy atom. The van der Waals surface area contributed by atoms with Gasteiger partial charge in [0.1, 0.15) is 0 Å². The molecule has 0 radical (unpaired) electrons. The second-order valence-corrected chi connectivity index (χ2v) is 8.68. The number of aryl methyl sites for hydroxylation is 1. The molecule has 0 amide bonds. The molecule has 3 rings (SSSR count). The van der Waals surface area contributed by atoms with Crippen molar-refractivity contribution >= 4 is 42.1 Å². The van der Waals surface area contributed by atoms with Gasteiger partial charge in [0.2, 0.25) is 0 Å². The molecule has 1 aliphatic rings. The quantitative estimate of drug-likeness (QED) is 0.587. The van der Waals surface area contributed by atoms with Gasteiger partial charge in [-0.1, -0.05) is 0 Å². The van der Waals surface area contributed by atoms with E-state index in [2.05, 4.69) is 19.3 Å². The number of pyridine rings is 1. The molecular formula is C16H19BrNO3Se+. The zero-order valence-electron chi connectivity index (χ0n) is 12.7. The van der Waals surface area contributed by atoms with Crippen LogP contribution in [0.15, 0.2) is 16.6 Å². The summed E-state index contributed by atoms with van der Waals surface area (Å²) in [5.41, 5.74) is 1.84. The third-order valence-electron chi connectivity index (χ3n) is 4.33. The van der Waals surface area contributed by atoms with E-state index < -0.39 is 5.60 Å². The van der Waals surface area contributed by atoms with Gasteiger partial charge in [-0.15, -0.1) is 0 Å². The van der Waals surface area contributed by atoms with Crippen molar-refractivity contribution in [1.82, 2.24) is 0 Å². The summed E-state index contributed by atoms with van der Waals surface area (Å²) in [4.78, 5) is 11.8. The van der Waals surface area contributed by atoms with Crippen LogP contribution in [-0.4, -0.2) is 32.9 Å². The van der Waals surface area contributed by atoms with Crippen LogP contribution in [0.4, 0.5) is 0 Å². The van der Waals surface area contributed by atoms with Crippen molar-refractivity contribution in [3.63, 3.8) is 0 Å². The summed E-state index contributed by atoms with van der Waals surface area (Å²) >= 11 is 3.70. The number of hydrogen-bond donors (Lipinski definition) is 1. The van der Waals surface area contributed by atoms with Crippen molar-refractivity contribution in [2.45, 2.75) is 44.6 Å². The van der Waals surface area contributed by atoms with E-state index in [4.69, 9.17) is 4.74 Å². The van der Waals surface area contributed by atoms with Crippen LogP contribution in [0.25, 0.3) is 5.52 Å². The Bertz CT molecular complexity index is 735. The second kappa shape index (κ2) is 6.08. The number of aliphatic hydroxyl groups is 1. The van der Waals surface area contributed by atoms with Crippen LogP contribution in [0, 0.1) is 6.92 Å². The Balaban J connectivity index is 2.16. The molecule has 0 saturated heterocycles. The first-order chi connectivity index (χ1) is 10.5. The Morgan fingerprint density at radius 3 is 2.68 bits per heavy atom. The van der Waals surface area contributed by atoms with Crippen molar-refractivity contribution < 1.29 is 18.0 Å². The Kier molecular flexibility index (Phi) is 4.47. The number of aromatic nitrogens is 1. The van der Waals surface area contributed by atoms with Crippen molar-refractivity contribution in [3.05, 3.63) is 32.3 Å². The van der Waals surface area contributed by atoms with E-state index in [9.17, 15) is 9.90 Å². The minimum atomic E-state index is -0.693. The maximum atomic E-state index is 11.8. The number of methoxy groups -OCH3 is 1. The van der Waals surface area contributed by atoms with Gasteiger partial charge in [-0.05, 0) is 0 Å². The molecular weight excluding hydrogens is 413 g/mol. The molecule has 2 aromatic heterocycles. The maximum absolute atomic E-state index is 11.8.